The van der Waals surface area contributed by atoms with E-state index in [0.29, 0.717) is 29.0 Å². The van der Waals surface area contributed by atoms with Crippen LogP contribution in [0.25, 0.3) is 27.7 Å². The van der Waals surface area contributed by atoms with Gasteiger partial charge in [-0.1, -0.05) is 36.4 Å². The molecule has 10 heteroatoms. The summed E-state index contributed by atoms with van der Waals surface area (Å²) in [5.74, 6) is -0.190. The van der Waals surface area contributed by atoms with Crippen molar-refractivity contribution >= 4 is 26.9 Å². The van der Waals surface area contributed by atoms with Gasteiger partial charge in [-0.2, -0.15) is 13.5 Å². The first-order chi connectivity index (χ1) is 16.8. The maximum atomic E-state index is 12.2. The van der Waals surface area contributed by atoms with Crippen molar-refractivity contribution in [1.29, 1.82) is 0 Å². The van der Waals surface area contributed by atoms with Crippen LogP contribution in [0.3, 0.4) is 0 Å². The van der Waals surface area contributed by atoms with Gasteiger partial charge in [-0.05, 0) is 79.2 Å². The molecular weight excluding hydrogens is 480 g/mol. The molecule has 1 amide bonds. The number of nitrogens with zero attached hydrogens (tertiary/aromatic N) is 2. The number of hydrogen-bond acceptors (Lipinski definition) is 5. The van der Waals surface area contributed by atoms with Gasteiger partial charge in [-0.25, -0.2) is 4.68 Å². The minimum Gasteiger partial charge on any atom is -0.412 e. The van der Waals surface area contributed by atoms with E-state index < -0.39 is 16.0 Å². The number of hydrogen-bond donors (Lipinski definition) is 3. The fraction of sp³-hybridized carbons (Fsp3) is 0.231. The minimum absolute atomic E-state index is 0. The summed E-state index contributed by atoms with van der Waals surface area (Å²) < 4.78 is 36.0. The predicted octanol–water partition coefficient (Wildman–Crippen LogP) is 2.76. The van der Waals surface area contributed by atoms with Crippen molar-refractivity contribution in [2.45, 2.75) is 24.2 Å². The van der Waals surface area contributed by atoms with E-state index in [-0.39, 0.29) is 10.4 Å². The molecule has 0 radical (unpaired) electrons. The number of fused-ring (bicyclic) bond motifs is 1. The SMILES string of the molecule is NC(=O)c1cccc2cn(-c3ccc(-c4cccc(S(=O)(=O)O)c4CC4CCNCC4)cc3)nc12.O. The number of amides is 1. The van der Waals surface area contributed by atoms with Gasteiger partial charge in [-0.15, -0.1) is 0 Å². The molecule has 188 valence electrons. The van der Waals surface area contributed by atoms with Gasteiger partial charge in [0.2, 0.25) is 0 Å². The van der Waals surface area contributed by atoms with E-state index in [9.17, 15) is 17.8 Å². The van der Waals surface area contributed by atoms with Gasteiger partial charge in [0.15, 0.2) is 0 Å². The number of nitrogens with two attached hydrogens (primary N) is 1. The van der Waals surface area contributed by atoms with Gasteiger partial charge in [-0.3, -0.25) is 9.35 Å². The van der Waals surface area contributed by atoms with Crippen molar-refractivity contribution in [2.24, 2.45) is 11.7 Å². The molecule has 1 aliphatic rings. The third kappa shape index (κ3) is 5.02. The van der Waals surface area contributed by atoms with Crippen LogP contribution in [0.1, 0.15) is 28.8 Å². The summed E-state index contributed by atoms with van der Waals surface area (Å²) in [5, 5.41) is 8.68. The van der Waals surface area contributed by atoms with Crippen LogP contribution in [-0.4, -0.2) is 47.2 Å². The van der Waals surface area contributed by atoms with Crippen LogP contribution in [0.2, 0.25) is 0 Å². The maximum absolute atomic E-state index is 12.2. The Morgan fingerprint density at radius 3 is 2.42 bits per heavy atom. The fourth-order valence-corrected chi connectivity index (χ4v) is 5.59. The Hall–Kier alpha value is -3.57. The zero-order valence-corrected chi connectivity index (χ0v) is 20.3. The lowest BCUT2D eigenvalue weighted by atomic mass is 9.87. The topological polar surface area (TPSA) is 159 Å². The zero-order chi connectivity index (χ0) is 24.6. The third-order valence-corrected chi connectivity index (χ3v) is 7.55. The summed E-state index contributed by atoms with van der Waals surface area (Å²) in [6.07, 6.45) is 4.32. The Balaban J connectivity index is 0.00000304. The lowest BCUT2D eigenvalue weighted by Crippen LogP contribution is -2.29. The highest BCUT2D eigenvalue weighted by atomic mass is 32.2. The number of piperidine rings is 1. The second kappa shape index (κ2) is 10.2. The molecule has 4 aromatic rings. The van der Waals surface area contributed by atoms with Crippen molar-refractivity contribution in [1.82, 2.24) is 15.1 Å². The Morgan fingerprint density at radius 2 is 1.75 bits per heavy atom. The molecule has 0 spiro atoms. The number of carbonyl (C=O) groups is 1. The Bertz CT molecular complexity index is 1510. The van der Waals surface area contributed by atoms with Crippen molar-refractivity contribution in [3.05, 3.63) is 78.0 Å². The standard InChI is InChI=1S/C26H26N4O4S.H2O/c27-26(31)22-5-1-3-19-16-30(29-25(19)22)20-9-7-18(8-10-20)21-4-2-6-24(35(32,33)34)23(21)15-17-11-13-28-14-12-17;/h1-10,16-17,28H,11-15H2,(H2,27,31)(H,32,33,34);1H2. The molecule has 0 atom stereocenters. The summed E-state index contributed by atoms with van der Waals surface area (Å²) in [6, 6.07) is 17.9. The van der Waals surface area contributed by atoms with E-state index in [0.717, 1.165) is 48.1 Å². The van der Waals surface area contributed by atoms with Gasteiger partial charge < -0.3 is 16.5 Å². The van der Waals surface area contributed by atoms with Crippen LogP contribution in [0.5, 0.6) is 0 Å². The Morgan fingerprint density at radius 1 is 1.06 bits per heavy atom. The summed E-state index contributed by atoms with van der Waals surface area (Å²) >= 11 is 0. The Labute approximate surface area is 209 Å². The van der Waals surface area contributed by atoms with Crippen LogP contribution in [0.15, 0.2) is 71.8 Å². The first kappa shape index (κ1) is 25.5. The minimum atomic E-state index is -4.36. The van der Waals surface area contributed by atoms with Gasteiger partial charge in [0.25, 0.3) is 16.0 Å². The van der Waals surface area contributed by atoms with Crippen LogP contribution in [-0.2, 0) is 16.5 Å². The monoisotopic (exact) mass is 508 g/mol. The zero-order valence-electron chi connectivity index (χ0n) is 19.5. The first-order valence-electron chi connectivity index (χ1n) is 11.5. The lowest BCUT2D eigenvalue weighted by molar-refractivity contribution is 0.100. The molecule has 0 unspecified atom stereocenters. The summed E-state index contributed by atoms with van der Waals surface area (Å²) in [4.78, 5) is 11.7. The van der Waals surface area contributed by atoms with Gasteiger partial charge in [0, 0.05) is 11.6 Å². The number of rotatable bonds is 6. The molecule has 1 saturated heterocycles. The summed E-state index contributed by atoms with van der Waals surface area (Å²) in [6.45, 7) is 1.80. The summed E-state index contributed by atoms with van der Waals surface area (Å²) in [5.41, 5.74) is 9.44. The Kier molecular flexibility index (Phi) is 7.23. The van der Waals surface area contributed by atoms with Gasteiger partial charge in [0.1, 0.15) is 5.52 Å². The number of aromatic nitrogens is 2. The second-order valence-electron chi connectivity index (χ2n) is 8.88. The van der Waals surface area contributed by atoms with E-state index in [1.54, 1.807) is 22.9 Å². The largest absolute Gasteiger partial charge is 0.412 e. The summed E-state index contributed by atoms with van der Waals surface area (Å²) in [7, 11) is -4.36. The molecule has 3 aromatic carbocycles. The number of primary amides is 1. The number of carbonyl (C=O) groups excluding carboxylic acids is 1. The number of nitrogens with one attached hydrogen (secondary N) is 1. The molecule has 36 heavy (non-hydrogen) atoms. The van der Waals surface area contributed by atoms with E-state index in [1.807, 2.05) is 42.6 Å². The lowest BCUT2D eigenvalue weighted by Gasteiger charge is -2.24. The van der Waals surface area contributed by atoms with Crippen molar-refractivity contribution in [3.8, 4) is 16.8 Å². The normalized spacial score (nSPS) is 14.5. The molecule has 2 heterocycles. The van der Waals surface area contributed by atoms with E-state index in [1.165, 1.54) is 6.07 Å². The first-order valence-corrected chi connectivity index (χ1v) is 12.9. The predicted molar refractivity (Wildman–Crippen MR) is 138 cm³/mol. The quantitative estimate of drug-likeness (QED) is 0.340. The maximum Gasteiger partial charge on any atom is 0.294 e. The highest BCUT2D eigenvalue weighted by Gasteiger charge is 2.23. The third-order valence-electron chi connectivity index (χ3n) is 6.61. The van der Waals surface area contributed by atoms with Gasteiger partial charge in [0.05, 0.1) is 16.1 Å². The molecule has 6 N–H and O–H groups in total. The van der Waals surface area contributed by atoms with Gasteiger partial charge >= 0.3 is 0 Å². The van der Waals surface area contributed by atoms with Crippen molar-refractivity contribution in [3.63, 3.8) is 0 Å². The highest BCUT2D eigenvalue weighted by Crippen LogP contribution is 2.33. The molecule has 9 nitrogen and oxygen atoms in total. The average molecular weight is 509 g/mol. The van der Waals surface area contributed by atoms with E-state index in [4.69, 9.17) is 5.73 Å². The molecular formula is C26H28N4O5S. The highest BCUT2D eigenvalue weighted by molar-refractivity contribution is 7.85. The molecule has 1 aliphatic heterocycles. The van der Waals surface area contributed by atoms with Crippen LogP contribution >= 0.6 is 0 Å². The molecule has 1 fully saturated rings. The van der Waals surface area contributed by atoms with E-state index in [2.05, 4.69) is 10.4 Å². The molecule has 0 aliphatic carbocycles. The second-order valence-corrected chi connectivity index (χ2v) is 10.3. The molecule has 5 rings (SSSR count). The van der Waals surface area contributed by atoms with Crippen molar-refractivity contribution in [2.75, 3.05) is 13.1 Å². The fourth-order valence-electron chi connectivity index (χ4n) is 4.83. The van der Waals surface area contributed by atoms with Crippen LogP contribution in [0.4, 0.5) is 0 Å². The molecule has 0 saturated carbocycles. The van der Waals surface area contributed by atoms with Crippen LogP contribution in [0, 0.1) is 5.92 Å². The van der Waals surface area contributed by atoms with Crippen LogP contribution < -0.4 is 11.1 Å². The average Bonchev–Trinajstić information content (AvgIpc) is 3.29. The smallest absolute Gasteiger partial charge is 0.294 e. The van der Waals surface area contributed by atoms with E-state index >= 15 is 0 Å². The van der Waals surface area contributed by atoms with Crippen molar-refractivity contribution < 1.29 is 23.2 Å². The number of benzene rings is 3. The molecule has 0 bridgehead atoms. The molecule has 1 aromatic heterocycles.